The molecule has 1 saturated carbocycles. The van der Waals surface area contributed by atoms with Gasteiger partial charge < -0.3 is 10.0 Å². The summed E-state index contributed by atoms with van der Waals surface area (Å²) in [6.07, 6.45) is 6.97. The monoisotopic (exact) mass is 288 g/mol. The lowest BCUT2D eigenvalue weighted by Crippen LogP contribution is -2.34. The molecule has 0 saturated heterocycles. The summed E-state index contributed by atoms with van der Waals surface area (Å²) in [6.45, 7) is 0.825. The molecule has 1 aliphatic rings. The van der Waals surface area contributed by atoms with Crippen LogP contribution in [0.2, 0.25) is 0 Å². The molecule has 21 heavy (non-hydrogen) atoms. The zero-order chi connectivity index (χ0) is 14.8. The molecule has 1 fully saturated rings. The van der Waals surface area contributed by atoms with Crippen LogP contribution in [-0.2, 0) is 4.79 Å². The summed E-state index contributed by atoms with van der Waals surface area (Å²) < 4.78 is 1.54. The van der Waals surface area contributed by atoms with E-state index in [2.05, 4.69) is 10.1 Å². The number of carbonyl (C=O) groups excluding carboxylic acids is 1. The molecule has 0 atom stereocenters. The minimum Gasteiger partial charge on any atom is -0.481 e. The number of carboxylic acids is 1. The normalized spacial score (nSPS) is 14.3. The molecule has 7 heteroatoms. The van der Waals surface area contributed by atoms with Crippen molar-refractivity contribution in [3.63, 3.8) is 0 Å². The van der Waals surface area contributed by atoms with E-state index in [0.717, 1.165) is 12.8 Å². The van der Waals surface area contributed by atoms with Crippen molar-refractivity contribution in [3.8, 4) is 0 Å². The largest absolute Gasteiger partial charge is 0.481 e. The van der Waals surface area contributed by atoms with E-state index in [1.165, 1.54) is 6.20 Å². The number of carboxylic acid groups (broad SMARTS) is 1. The van der Waals surface area contributed by atoms with Gasteiger partial charge in [0.25, 0.3) is 5.91 Å². The van der Waals surface area contributed by atoms with Gasteiger partial charge in [-0.25, -0.2) is 9.50 Å². The van der Waals surface area contributed by atoms with Crippen LogP contribution in [0.3, 0.4) is 0 Å². The Morgan fingerprint density at radius 1 is 1.43 bits per heavy atom. The van der Waals surface area contributed by atoms with Crippen LogP contribution in [-0.4, -0.2) is 49.6 Å². The lowest BCUT2D eigenvalue weighted by atomic mass is 10.2. The number of rotatable bonds is 6. The standard InChI is InChI=1S/C14H16N4O3/c19-12(20)4-7-17(9-10-2-3-10)14(21)11-8-16-18-6-1-5-15-13(11)18/h1,5-6,8,10H,2-4,7,9H2,(H,19,20). The van der Waals surface area contributed by atoms with Crippen LogP contribution in [0.4, 0.5) is 0 Å². The van der Waals surface area contributed by atoms with Crippen molar-refractivity contribution in [1.82, 2.24) is 19.5 Å². The Bertz CT molecular complexity index is 678. The number of nitrogens with zero attached hydrogens (tertiary/aromatic N) is 4. The van der Waals surface area contributed by atoms with Gasteiger partial charge >= 0.3 is 5.97 Å². The predicted octanol–water partition coefficient (Wildman–Crippen LogP) is 1.06. The van der Waals surface area contributed by atoms with Crippen LogP contribution in [0.25, 0.3) is 5.65 Å². The van der Waals surface area contributed by atoms with Crippen molar-refractivity contribution in [2.24, 2.45) is 5.92 Å². The van der Waals surface area contributed by atoms with Crippen molar-refractivity contribution < 1.29 is 14.7 Å². The number of hydrogen-bond acceptors (Lipinski definition) is 4. The fourth-order valence-electron chi connectivity index (χ4n) is 2.27. The summed E-state index contributed by atoms with van der Waals surface area (Å²) in [5.41, 5.74) is 0.917. The molecule has 3 rings (SSSR count). The molecule has 0 radical (unpaired) electrons. The first-order valence-corrected chi connectivity index (χ1v) is 6.94. The molecular weight excluding hydrogens is 272 g/mol. The number of aliphatic carboxylic acids is 1. The van der Waals surface area contributed by atoms with Crippen molar-refractivity contribution in [2.75, 3.05) is 13.1 Å². The molecule has 0 unspecified atom stereocenters. The number of amides is 1. The molecule has 1 aliphatic carbocycles. The van der Waals surface area contributed by atoms with Crippen LogP contribution in [0, 0.1) is 5.92 Å². The molecule has 2 heterocycles. The molecule has 2 aromatic rings. The second-order valence-electron chi connectivity index (χ2n) is 5.28. The predicted molar refractivity (Wildman–Crippen MR) is 73.9 cm³/mol. The van der Waals surface area contributed by atoms with E-state index in [1.807, 2.05) is 0 Å². The van der Waals surface area contributed by atoms with Crippen molar-refractivity contribution >= 4 is 17.5 Å². The first kappa shape index (κ1) is 13.5. The fourth-order valence-corrected chi connectivity index (χ4v) is 2.27. The van der Waals surface area contributed by atoms with E-state index in [9.17, 15) is 9.59 Å². The summed E-state index contributed by atoms with van der Waals surface area (Å²) in [5.74, 6) is -0.601. The minimum absolute atomic E-state index is 0.0505. The third-order valence-corrected chi connectivity index (χ3v) is 3.57. The summed E-state index contributed by atoms with van der Waals surface area (Å²) in [4.78, 5) is 29.2. The van der Waals surface area contributed by atoms with E-state index in [0.29, 0.717) is 23.7 Å². The van der Waals surface area contributed by atoms with Crippen molar-refractivity contribution in [1.29, 1.82) is 0 Å². The number of carbonyl (C=O) groups is 2. The Morgan fingerprint density at radius 2 is 2.24 bits per heavy atom. The van der Waals surface area contributed by atoms with Crippen LogP contribution < -0.4 is 0 Å². The van der Waals surface area contributed by atoms with E-state index < -0.39 is 5.97 Å². The zero-order valence-electron chi connectivity index (χ0n) is 11.5. The first-order valence-electron chi connectivity index (χ1n) is 6.94. The highest BCUT2D eigenvalue weighted by atomic mass is 16.4. The van der Waals surface area contributed by atoms with E-state index in [4.69, 9.17) is 5.11 Å². The third-order valence-electron chi connectivity index (χ3n) is 3.57. The van der Waals surface area contributed by atoms with Gasteiger partial charge in [0.05, 0.1) is 12.6 Å². The Labute approximate surface area is 121 Å². The summed E-state index contributed by atoms with van der Waals surface area (Å²) >= 11 is 0. The smallest absolute Gasteiger partial charge is 0.305 e. The Kier molecular flexibility index (Phi) is 3.55. The van der Waals surface area contributed by atoms with Crippen LogP contribution >= 0.6 is 0 Å². The van der Waals surface area contributed by atoms with Crippen molar-refractivity contribution in [3.05, 3.63) is 30.2 Å². The van der Waals surface area contributed by atoms with Gasteiger partial charge in [0.1, 0.15) is 5.56 Å². The first-order chi connectivity index (χ1) is 10.1. The number of aromatic nitrogens is 3. The molecule has 0 aromatic carbocycles. The maximum absolute atomic E-state index is 12.6. The summed E-state index contributed by atoms with van der Waals surface area (Å²) in [6, 6.07) is 1.74. The molecule has 1 amide bonds. The highest BCUT2D eigenvalue weighted by molar-refractivity contribution is 5.99. The quantitative estimate of drug-likeness (QED) is 0.858. The third kappa shape index (κ3) is 3.01. The van der Waals surface area contributed by atoms with Gasteiger partial charge in [0.15, 0.2) is 5.65 Å². The average Bonchev–Trinajstić information content (AvgIpc) is 3.19. The molecule has 1 N–H and O–H groups in total. The van der Waals surface area contributed by atoms with Gasteiger partial charge in [-0.15, -0.1) is 0 Å². The molecule has 0 bridgehead atoms. The minimum atomic E-state index is -0.901. The maximum Gasteiger partial charge on any atom is 0.305 e. The van der Waals surface area contributed by atoms with E-state index >= 15 is 0 Å². The van der Waals surface area contributed by atoms with Crippen molar-refractivity contribution in [2.45, 2.75) is 19.3 Å². The second kappa shape index (κ2) is 5.51. The van der Waals surface area contributed by atoms with E-state index in [-0.39, 0.29) is 18.9 Å². The topological polar surface area (TPSA) is 87.8 Å². The molecule has 7 nitrogen and oxygen atoms in total. The molecule has 110 valence electrons. The second-order valence-corrected chi connectivity index (χ2v) is 5.28. The highest BCUT2D eigenvalue weighted by Crippen LogP contribution is 2.30. The van der Waals surface area contributed by atoms with Crippen LogP contribution in [0.5, 0.6) is 0 Å². The summed E-state index contributed by atoms with van der Waals surface area (Å²) in [5, 5.41) is 12.9. The van der Waals surface area contributed by atoms with Gasteiger partial charge in [-0.2, -0.15) is 5.10 Å². The van der Waals surface area contributed by atoms with E-state index in [1.54, 1.807) is 27.9 Å². The van der Waals surface area contributed by atoms with Gasteiger partial charge in [-0.1, -0.05) is 0 Å². The molecule has 0 spiro atoms. The average molecular weight is 288 g/mol. The lowest BCUT2D eigenvalue weighted by molar-refractivity contribution is -0.137. The van der Waals surface area contributed by atoms with Crippen LogP contribution in [0.15, 0.2) is 24.7 Å². The van der Waals surface area contributed by atoms with Gasteiger partial charge in [-0.3, -0.25) is 9.59 Å². The molecular formula is C14H16N4O3. The SMILES string of the molecule is O=C(O)CCN(CC1CC1)C(=O)c1cnn2cccnc12. The number of fused-ring (bicyclic) bond motifs is 1. The maximum atomic E-state index is 12.6. The fraction of sp³-hybridized carbons (Fsp3) is 0.429. The molecule has 0 aliphatic heterocycles. The van der Waals surface area contributed by atoms with Gasteiger partial charge in [-0.05, 0) is 24.8 Å². The highest BCUT2D eigenvalue weighted by Gasteiger charge is 2.28. The Morgan fingerprint density at radius 3 is 2.95 bits per heavy atom. The van der Waals surface area contributed by atoms with Gasteiger partial charge in [0, 0.05) is 25.5 Å². The van der Waals surface area contributed by atoms with Crippen LogP contribution in [0.1, 0.15) is 29.6 Å². The zero-order valence-corrected chi connectivity index (χ0v) is 11.5. The number of hydrogen-bond donors (Lipinski definition) is 1. The molecule has 2 aromatic heterocycles. The Hall–Kier alpha value is -2.44. The summed E-state index contributed by atoms with van der Waals surface area (Å²) in [7, 11) is 0. The van der Waals surface area contributed by atoms with Gasteiger partial charge in [0.2, 0.25) is 0 Å². The lowest BCUT2D eigenvalue weighted by Gasteiger charge is -2.21. The Balaban J connectivity index is 1.83.